The van der Waals surface area contributed by atoms with Crippen LogP contribution in [0.5, 0.6) is 0 Å². The lowest BCUT2D eigenvalue weighted by molar-refractivity contribution is 0.0519. The van der Waals surface area contributed by atoms with Gasteiger partial charge in [-0.15, -0.1) is 5.10 Å². The zero-order valence-electron chi connectivity index (χ0n) is 8.45. The molecule has 0 fully saturated rings. The van der Waals surface area contributed by atoms with Crippen LogP contribution in [0.3, 0.4) is 0 Å². The molecule has 0 radical (unpaired) electrons. The van der Waals surface area contributed by atoms with E-state index in [4.69, 9.17) is 10.5 Å². The average molecular weight is 239 g/mol. The fourth-order valence-corrected chi connectivity index (χ4v) is 1.78. The molecule has 0 atom stereocenters. The van der Waals surface area contributed by atoms with Crippen molar-refractivity contribution in [3.05, 3.63) is 18.0 Å². The van der Waals surface area contributed by atoms with Crippen LogP contribution >= 0.6 is 11.5 Å². The molecule has 0 aromatic carbocycles. The van der Waals surface area contributed by atoms with Crippen LogP contribution in [0, 0.1) is 0 Å². The van der Waals surface area contributed by atoms with E-state index in [-0.39, 0.29) is 12.3 Å². The molecule has 0 spiro atoms. The Bertz CT molecular complexity index is 506. The third-order valence-corrected chi connectivity index (χ3v) is 2.51. The molecule has 2 heterocycles. The fourth-order valence-electron chi connectivity index (χ4n) is 1.14. The molecule has 7 nitrogen and oxygen atoms in total. The predicted octanol–water partition coefficient (Wildman–Crippen LogP) is 0.483. The summed E-state index contributed by atoms with van der Waals surface area (Å²) < 4.78 is 9.94. The van der Waals surface area contributed by atoms with Gasteiger partial charge in [0.05, 0.1) is 12.8 Å². The Kier molecular flexibility index (Phi) is 2.82. The molecule has 2 aromatic heterocycles. The van der Waals surface area contributed by atoms with Gasteiger partial charge in [-0.1, -0.05) is 4.49 Å². The highest BCUT2D eigenvalue weighted by molar-refractivity contribution is 7.08. The van der Waals surface area contributed by atoms with E-state index >= 15 is 0 Å². The summed E-state index contributed by atoms with van der Waals surface area (Å²) in [4.78, 5) is 11.5. The van der Waals surface area contributed by atoms with Crippen molar-refractivity contribution in [3.8, 4) is 5.00 Å². The molecule has 0 aliphatic heterocycles. The first kappa shape index (κ1) is 10.6. The van der Waals surface area contributed by atoms with E-state index in [0.29, 0.717) is 10.8 Å². The maximum absolute atomic E-state index is 11.5. The van der Waals surface area contributed by atoms with E-state index in [1.165, 1.54) is 10.9 Å². The Morgan fingerprint density at radius 2 is 2.50 bits per heavy atom. The van der Waals surface area contributed by atoms with Crippen molar-refractivity contribution in [1.29, 1.82) is 0 Å². The predicted molar refractivity (Wildman–Crippen MR) is 57.4 cm³/mol. The number of rotatable bonds is 3. The number of anilines is 1. The van der Waals surface area contributed by atoms with Crippen LogP contribution in [0.4, 0.5) is 5.82 Å². The van der Waals surface area contributed by atoms with Gasteiger partial charge in [-0.3, -0.25) is 0 Å². The standard InChI is InChI=1S/C8H9N5O2S/c1-2-15-8(14)6-7(16-12-11-6)13-5(9)3-4-10-13/h3-4H,2,9H2,1H3. The minimum absolute atomic E-state index is 0.127. The van der Waals surface area contributed by atoms with Gasteiger partial charge in [-0.25, -0.2) is 9.48 Å². The molecule has 0 aliphatic carbocycles. The average Bonchev–Trinajstić information content (AvgIpc) is 2.85. The normalized spacial score (nSPS) is 10.3. The molecule has 2 aromatic rings. The maximum Gasteiger partial charge on any atom is 0.362 e. The number of hydrogen-bond acceptors (Lipinski definition) is 7. The Hall–Kier alpha value is -1.96. The SMILES string of the molecule is CCOC(=O)c1nnsc1-n1nccc1N. The first-order valence-corrected chi connectivity index (χ1v) is 5.30. The van der Waals surface area contributed by atoms with Crippen molar-refractivity contribution >= 4 is 23.3 Å². The lowest BCUT2D eigenvalue weighted by Gasteiger charge is -2.02. The van der Waals surface area contributed by atoms with Gasteiger partial charge >= 0.3 is 5.97 Å². The first-order chi connectivity index (χ1) is 7.74. The zero-order valence-corrected chi connectivity index (χ0v) is 9.27. The minimum Gasteiger partial charge on any atom is -0.461 e. The summed E-state index contributed by atoms with van der Waals surface area (Å²) in [6.45, 7) is 2.00. The lowest BCUT2D eigenvalue weighted by Crippen LogP contribution is -2.10. The van der Waals surface area contributed by atoms with Crippen molar-refractivity contribution in [2.24, 2.45) is 0 Å². The fraction of sp³-hybridized carbons (Fsp3) is 0.250. The number of nitrogen functional groups attached to an aromatic ring is 1. The van der Waals surface area contributed by atoms with Crippen LogP contribution in [0.2, 0.25) is 0 Å². The summed E-state index contributed by atoms with van der Waals surface area (Å²) in [5.74, 6) is -0.113. The van der Waals surface area contributed by atoms with E-state index in [1.807, 2.05) is 0 Å². The van der Waals surface area contributed by atoms with Crippen molar-refractivity contribution in [3.63, 3.8) is 0 Å². The van der Waals surface area contributed by atoms with E-state index in [2.05, 4.69) is 14.7 Å². The largest absolute Gasteiger partial charge is 0.461 e. The van der Waals surface area contributed by atoms with Crippen molar-refractivity contribution in [1.82, 2.24) is 19.4 Å². The van der Waals surface area contributed by atoms with E-state index < -0.39 is 5.97 Å². The second-order valence-corrected chi connectivity index (χ2v) is 3.55. The van der Waals surface area contributed by atoms with Crippen LogP contribution in [0.15, 0.2) is 12.3 Å². The van der Waals surface area contributed by atoms with Gasteiger partial charge in [-0.05, 0) is 6.92 Å². The van der Waals surface area contributed by atoms with Crippen molar-refractivity contribution in [2.75, 3.05) is 12.3 Å². The molecule has 0 saturated heterocycles. The number of carbonyl (C=O) groups is 1. The summed E-state index contributed by atoms with van der Waals surface area (Å²) >= 11 is 1.03. The number of esters is 1. The third kappa shape index (κ3) is 1.74. The van der Waals surface area contributed by atoms with Crippen molar-refractivity contribution in [2.45, 2.75) is 6.92 Å². The van der Waals surface area contributed by atoms with Crippen LogP contribution < -0.4 is 5.73 Å². The summed E-state index contributed by atoms with van der Waals surface area (Å²) in [7, 11) is 0. The molecule has 0 bridgehead atoms. The van der Waals surface area contributed by atoms with Crippen molar-refractivity contribution < 1.29 is 9.53 Å². The molecular formula is C8H9N5O2S. The van der Waals surface area contributed by atoms with Crippen LogP contribution in [-0.2, 0) is 4.74 Å². The second-order valence-electron chi connectivity index (χ2n) is 2.82. The topological polar surface area (TPSA) is 95.9 Å². The Morgan fingerprint density at radius 1 is 1.69 bits per heavy atom. The molecule has 0 aliphatic rings. The van der Waals surface area contributed by atoms with Gasteiger partial charge in [0.15, 0.2) is 5.00 Å². The third-order valence-electron chi connectivity index (χ3n) is 1.80. The van der Waals surface area contributed by atoms with Crippen LogP contribution in [0.25, 0.3) is 5.00 Å². The number of nitrogens with two attached hydrogens (primary N) is 1. The van der Waals surface area contributed by atoms with Gasteiger partial charge in [0, 0.05) is 17.6 Å². The highest BCUT2D eigenvalue weighted by atomic mass is 32.1. The van der Waals surface area contributed by atoms with E-state index in [1.54, 1.807) is 13.0 Å². The Morgan fingerprint density at radius 3 is 3.12 bits per heavy atom. The Labute approximate surface area is 95.0 Å². The first-order valence-electron chi connectivity index (χ1n) is 4.53. The van der Waals surface area contributed by atoms with E-state index in [9.17, 15) is 4.79 Å². The number of aromatic nitrogens is 4. The monoisotopic (exact) mass is 239 g/mol. The summed E-state index contributed by atoms with van der Waals surface area (Å²) in [5.41, 5.74) is 5.80. The van der Waals surface area contributed by atoms with Crippen LogP contribution in [0.1, 0.15) is 17.4 Å². The maximum atomic E-state index is 11.5. The smallest absolute Gasteiger partial charge is 0.362 e. The lowest BCUT2D eigenvalue weighted by atomic mass is 10.4. The van der Waals surface area contributed by atoms with E-state index in [0.717, 1.165) is 11.5 Å². The zero-order chi connectivity index (χ0) is 11.5. The minimum atomic E-state index is -0.527. The number of carbonyl (C=O) groups excluding carboxylic acids is 1. The van der Waals surface area contributed by atoms with Gasteiger partial charge < -0.3 is 10.5 Å². The van der Waals surface area contributed by atoms with Crippen LogP contribution in [-0.4, -0.2) is 31.9 Å². The highest BCUT2D eigenvalue weighted by Crippen LogP contribution is 2.19. The van der Waals surface area contributed by atoms with Gasteiger partial charge in [0.2, 0.25) is 5.69 Å². The molecule has 0 saturated carbocycles. The molecule has 0 amide bonds. The molecule has 84 valence electrons. The summed E-state index contributed by atoms with van der Waals surface area (Å²) in [6, 6.07) is 1.62. The highest BCUT2D eigenvalue weighted by Gasteiger charge is 2.20. The summed E-state index contributed by atoms with van der Waals surface area (Å²) in [6.07, 6.45) is 1.53. The molecule has 2 N–H and O–H groups in total. The van der Waals surface area contributed by atoms with Gasteiger partial charge in [0.1, 0.15) is 5.82 Å². The summed E-state index contributed by atoms with van der Waals surface area (Å²) in [5, 5.41) is 8.14. The van der Waals surface area contributed by atoms with Gasteiger partial charge in [-0.2, -0.15) is 5.10 Å². The number of nitrogens with zero attached hydrogens (tertiary/aromatic N) is 4. The number of hydrogen-bond donors (Lipinski definition) is 1. The molecular weight excluding hydrogens is 230 g/mol. The second kappa shape index (κ2) is 4.27. The molecule has 0 unspecified atom stereocenters. The Balaban J connectivity index is 2.40. The molecule has 8 heteroatoms. The van der Waals surface area contributed by atoms with Gasteiger partial charge in [0.25, 0.3) is 0 Å². The molecule has 16 heavy (non-hydrogen) atoms. The number of ether oxygens (including phenoxy) is 1. The quantitative estimate of drug-likeness (QED) is 0.783. The molecule has 2 rings (SSSR count).